The summed E-state index contributed by atoms with van der Waals surface area (Å²) < 4.78 is 18.8. The second-order valence-corrected chi connectivity index (χ2v) is 6.52. The first kappa shape index (κ1) is 17.4. The smallest absolute Gasteiger partial charge is 0.319 e. The molecular weight excluding hydrogens is 323 g/mol. The Hall–Kier alpha value is -2.41. The minimum atomic E-state index is -0.262. The van der Waals surface area contributed by atoms with Gasteiger partial charge in [-0.25, -0.2) is 9.18 Å². The van der Waals surface area contributed by atoms with E-state index >= 15 is 0 Å². The van der Waals surface area contributed by atoms with Crippen molar-refractivity contribution in [3.05, 3.63) is 47.1 Å². The highest BCUT2D eigenvalue weighted by Gasteiger charge is 2.23. The van der Waals surface area contributed by atoms with Gasteiger partial charge in [0.15, 0.2) is 5.76 Å². The van der Waals surface area contributed by atoms with Crippen LogP contribution in [0.3, 0.4) is 0 Å². The Labute approximate surface area is 146 Å². The Morgan fingerprint density at radius 1 is 1.40 bits per heavy atom. The number of anilines is 1. The fraction of sp³-hybridized carbons (Fsp3) is 0.444. The van der Waals surface area contributed by atoms with E-state index in [1.165, 1.54) is 6.07 Å². The van der Waals surface area contributed by atoms with Crippen LogP contribution in [0.2, 0.25) is 0 Å². The Bertz CT molecular complexity index is 727. The Morgan fingerprint density at radius 3 is 2.92 bits per heavy atom. The third kappa shape index (κ3) is 4.36. The van der Waals surface area contributed by atoms with E-state index in [9.17, 15) is 9.18 Å². The molecule has 3 rings (SSSR count). The lowest BCUT2D eigenvalue weighted by Crippen LogP contribution is -2.34. The molecule has 1 aromatic heterocycles. The van der Waals surface area contributed by atoms with Crippen molar-refractivity contribution in [3.63, 3.8) is 0 Å². The number of hydrogen-bond donors (Lipinski definition) is 2. The van der Waals surface area contributed by atoms with E-state index in [2.05, 4.69) is 20.7 Å². The van der Waals surface area contributed by atoms with E-state index in [0.717, 1.165) is 19.5 Å². The molecule has 2 N–H and O–H groups in total. The van der Waals surface area contributed by atoms with E-state index in [4.69, 9.17) is 4.52 Å². The maximum atomic E-state index is 13.7. The summed E-state index contributed by atoms with van der Waals surface area (Å²) in [5, 5.41) is 9.47. The van der Waals surface area contributed by atoms with Crippen LogP contribution in [0, 0.1) is 25.6 Å². The predicted octanol–water partition coefficient (Wildman–Crippen LogP) is 3.07. The second-order valence-electron chi connectivity index (χ2n) is 6.52. The van der Waals surface area contributed by atoms with Gasteiger partial charge in [-0.05, 0) is 38.8 Å². The highest BCUT2D eigenvalue weighted by atomic mass is 19.1. The van der Waals surface area contributed by atoms with Gasteiger partial charge in [-0.1, -0.05) is 23.4 Å². The number of hydrogen-bond acceptors (Lipinski definition) is 4. The molecule has 25 heavy (non-hydrogen) atoms. The van der Waals surface area contributed by atoms with Gasteiger partial charge in [0.1, 0.15) is 17.2 Å². The van der Waals surface area contributed by atoms with Crippen LogP contribution in [0.1, 0.15) is 23.4 Å². The van der Waals surface area contributed by atoms with E-state index < -0.39 is 0 Å². The molecule has 6 nitrogen and oxygen atoms in total. The number of halogens is 1. The summed E-state index contributed by atoms with van der Waals surface area (Å²) in [6.45, 7) is 6.49. The summed E-state index contributed by atoms with van der Waals surface area (Å²) in [7, 11) is 0. The molecule has 2 amide bonds. The molecule has 1 atom stereocenters. The van der Waals surface area contributed by atoms with Gasteiger partial charge in [0.25, 0.3) is 0 Å². The molecule has 0 radical (unpaired) electrons. The fourth-order valence-corrected chi connectivity index (χ4v) is 3.15. The summed E-state index contributed by atoms with van der Waals surface area (Å²) in [4.78, 5) is 14.3. The monoisotopic (exact) mass is 346 g/mol. The zero-order valence-electron chi connectivity index (χ0n) is 14.5. The van der Waals surface area contributed by atoms with E-state index in [0.29, 0.717) is 41.7 Å². The molecule has 0 aliphatic carbocycles. The quantitative estimate of drug-likeness (QED) is 0.873. The third-order valence-electron chi connectivity index (χ3n) is 4.54. The molecule has 134 valence electrons. The lowest BCUT2D eigenvalue weighted by atomic mass is 10.1. The number of nitrogens with one attached hydrogen (secondary N) is 2. The van der Waals surface area contributed by atoms with E-state index in [-0.39, 0.29) is 11.8 Å². The first-order chi connectivity index (χ1) is 12.0. The fourth-order valence-electron chi connectivity index (χ4n) is 3.15. The molecular formula is C18H23FN4O2. The normalized spacial score (nSPS) is 17.6. The number of urea groups is 1. The lowest BCUT2D eigenvalue weighted by Gasteiger charge is -2.17. The van der Waals surface area contributed by atoms with Crippen LogP contribution in [0.4, 0.5) is 14.9 Å². The highest BCUT2D eigenvalue weighted by molar-refractivity contribution is 5.90. The maximum absolute atomic E-state index is 13.7. The van der Waals surface area contributed by atoms with Crippen molar-refractivity contribution in [2.24, 2.45) is 5.92 Å². The van der Waals surface area contributed by atoms with Gasteiger partial charge < -0.3 is 15.2 Å². The van der Waals surface area contributed by atoms with Gasteiger partial charge in [-0.15, -0.1) is 0 Å². The molecule has 2 aromatic rings. The molecule has 7 heteroatoms. The number of benzene rings is 1. The number of carbonyl (C=O) groups excluding carboxylic acids is 1. The molecule has 2 heterocycles. The molecule has 1 fully saturated rings. The number of likely N-dealkylation sites (tertiary alicyclic amines) is 1. The maximum Gasteiger partial charge on any atom is 0.319 e. The van der Waals surface area contributed by atoms with Crippen LogP contribution in [0.25, 0.3) is 0 Å². The van der Waals surface area contributed by atoms with Crippen molar-refractivity contribution in [1.82, 2.24) is 15.4 Å². The van der Waals surface area contributed by atoms with Crippen molar-refractivity contribution < 1.29 is 13.7 Å². The first-order valence-electron chi connectivity index (χ1n) is 8.46. The number of rotatable bonds is 5. The van der Waals surface area contributed by atoms with Gasteiger partial charge in [0.05, 0.1) is 0 Å². The Balaban J connectivity index is 1.44. The Morgan fingerprint density at radius 2 is 2.20 bits per heavy atom. The predicted molar refractivity (Wildman–Crippen MR) is 92.8 cm³/mol. The number of nitrogens with zero attached hydrogens (tertiary/aromatic N) is 2. The summed E-state index contributed by atoms with van der Waals surface area (Å²) in [5.41, 5.74) is 1.99. The standard InChI is InChI=1S/C18H23FN4O2/c1-12-17(13(2)25-22-12)21-18(24)20-9-14-7-8-23(10-14)11-15-5-3-4-6-16(15)19/h3-6,14H,7-11H2,1-2H3,(H2,20,21,24). The highest BCUT2D eigenvalue weighted by Crippen LogP contribution is 2.20. The van der Waals surface area contributed by atoms with Crippen LogP contribution in [0.5, 0.6) is 0 Å². The van der Waals surface area contributed by atoms with Gasteiger partial charge in [-0.3, -0.25) is 4.90 Å². The lowest BCUT2D eigenvalue weighted by molar-refractivity contribution is 0.249. The van der Waals surface area contributed by atoms with E-state index in [1.807, 2.05) is 12.1 Å². The summed E-state index contributed by atoms with van der Waals surface area (Å²) in [5.74, 6) is 0.787. The third-order valence-corrected chi connectivity index (χ3v) is 4.54. The molecule has 1 unspecified atom stereocenters. The second kappa shape index (κ2) is 7.65. The number of amides is 2. The van der Waals surface area contributed by atoms with Crippen molar-refractivity contribution in [1.29, 1.82) is 0 Å². The molecule has 0 spiro atoms. The van der Waals surface area contributed by atoms with Crippen molar-refractivity contribution >= 4 is 11.7 Å². The average Bonchev–Trinajstić information content (AvgIpc) is 3.16. The van der Waals surface area contributed by atoms with Crippen LogP contribution in [-0.4, -0.2) is 35.7 Å². The van der Waals surface area contributed by atoms with Crippen molar-refractivity contribution in [2.45, 2.75) is 26.8 Å². The average molecular weight is 346 g/mol. The van der Waals surface area contributed by atoms with Crippen LogP contribution in [0.15, 0.2) is 28.8 Å². The van der Waals surface area contributed by atoms with Crippen LogP contribution in [-0.2, 0) is 6.54 Å². The van der Waals surface area contributed by atoms with Crippen molar-refractivity contribution in [2.75, 3.05) is 25.0 Å². The summed E-state index contributed by atoms with van der Waals surface area (Å²) in [6, 6.07) is 6.60. The number of carbonyl (C=O) groups is 1. The molecule has 1 aromatic carbocycles. The summed E-state index contributed by atoms with van der Waals surface area (Å²) in [6.07, 6.45) is 0.986. The molecule has 1 aliphatic rings. The van der Waals surface area contributed by atoms with Crippen LogP contribution < -0.4 is 10.6 Å². The number of aryl methyl sites for hydroxylation is 2. The molecule has 0 bridgehead atoms. The van der Waals surface area contributed by atoms with Gasteiger partial charge in [-0.2, -0.15) is 0 Å². The molecule has 1 aliphatic heterocycles. The zero-order chi connectivity index (χ0) is 17.8. The van der Waals surface area contributed by atoms with Gasteiger partial charge in [0.2, 0.25) is 0 Å². The minimum Gasteiger partial charge on any atom is -0.359 e. The Kier molecular flexibility index (Phi) is 5.33. The minimum absolute atomic E-state index is 0.164. The first-order valence-corrected chi connectivity index (χ1v) is 8.46. The molecule has 0 saturated carbocycles. The largest absolute Gasteiger partial charge is 0.359 e. The van der Waals surface area contributed by atoms with Crippen molar-refractivity contribution in [3.8, 4) is 0 Å². The summed E-state index contributed by atoms with van der Waals surface area (Å²) >= 11 is 0. The molecule has 1 saturated heterocycles. The van der Waals surface area contributed by atoms with Crippen LogP contribution >= 0.6 is 0 Å². The van der Waals surface area contributed by atoms with E-state index in [1.54, 1.807) is 19.9 Å². The SMILES string of the molecule is Cc1noc(C)c1NC(=O)NCC1CCN(Cc2ccccc2F)C1. The zero-order valence-corrected chi connectivity index (χ0v) is 14.5. The topological polar surface area (TPSA) is 70.4 Å². The van der Waals surface area contributed by atoms with Gasteiger partial charge >= 0.3 is 6.03 Å². The van der Waals surface area contributed by atoms with Gasteiger partial charge in [0, 0.05) is 25.2 Å². The number of aromatic nitrogens is 1.